The molecule has 258 valence electrons. The lowest BCUT2D eigenvalue weighted by Crippen LogP contribution is -2.43. The van der Waals surface area contributed by atoms with E-state index in [0.29, 0.717) is 58.2 Å². The third kappa shape index (κ3) is 7.66. The Hall–Kier alpha value is -5.59. The fraction of sp³-hybridized carbons (Fsp3) is 0.289. The van der Waals surface area contributed by atoms with Gasteiger partial charge in [0.1, 0.15) is 12.4 Å². The molecule has 3 aromatic carbocycles. The van der Waals surface area contributed by atoms with Gasteiger partial charge in [0.05, 0.1) is 36.2 Å². The van der Waals surface area contributed by atoms with Crippen LogP contribution >= 0.6 is 0 Å². The van der Waals surface area contributed by atoms with E-state index in [0.717, 1.165) is 30.4 Å². The number of aliphatic imine (C=N–C) groups is 1. The minimum Gasteiger partial charge on any atom is -0.493 e. The summed E-state index contributed by atoms with van der Waals surface area (Å²) in [6.45, 7) is 0.0596. The highest BCUT2D eigenvalue weighted by molar-refractivity contribution is 6.05. The predicted molar refractivity (Wildman–Crippen MR) is 189 cm³/mol. The van der Waals surface area contributed by atoms with Gasteiger partial charge in [-0.3, -0.25) is 24.2 Å². The molecule has 50 heavy (non-hydrogen) atoms. The molecule has 6 rings (SSSR count). The van der Waals surface area contributed by atoms with Gasteiger partial charge < -0.3 is 35.1 Å². The number of aryl methyl sites for hydroxylation is 1. The van der Waals surface area contributed by atoms with Gasteiger partial charge in [0.25, 0.3) is 11.8 Å². The number of anilines is 2. The van der Waals surface area contributed by atoms with Gasteiger partial charge in [-0.2, -0.15) is 0 Å². The molecule has 2 aliphatic rings. The zero-order valence-corrected chi connectivity index (χ0v) is 27.7. The second kappa shape index (κ2) is 15.3. The lowest BCUT2D eigenvalue weighted by Gasteiger charge is -2.32. The molecule has 1 fully saturated rings. The molecule has 0 radical (unpaired) electrons. The average Bonchev–Trinajstić information content (AvgIpc) is 3.47. The molecule has 4 N–H and O–H groups in total. The van der Waals surface area contributed by atoms with E-state index in [4.69, 9.17) is 9.84 Å². The van der Waals surface area contributed by atoms with E-state index in [-0.39, 0.29) is 49.2 Å². The number of piperidine rings is 1. The number of aliphatic hydroxyl groups is 2. The normalized spacial score (nSPS) is 15.1. The molecule has 4 aromatic rings. The third-order valence-corrected chi connectivity index (χ3v) is 8.92. The van der Waals surface area contributed by atoms with Crippen LogP contribution in [0.1, 0.15) is 68.9 Å². The lowest BCUT2D eigenvalue weighted by molar-refractivity contribution is -0.116. The summed E-state index contributed by atoms with van der Waals surface area (Å²) in [5.74, 6) is -0.538. The smallest absolute Gasteiger partial charge is 0.256 e. The Morgan fingerprint density at radius 3 is 2.42 bits per heavy atom. The van der Waals surface area contributed by atoms with Crippen molar-refractivity contribution < 1.29 is 34.1 Å². The summed E-state index contributed by atoms with van der Waals surface area (Å²) in [6.07, 6.45) is 7.12. The van der Waals surface area contributed by atoms with Gasteiger partial charge in [-0.15, -0.1) is 0 Å². The molecular formula is C38H39N5O7. The number of hydrogen-bond donors (Lipinski definition) is 4. The molecule has 12 heteroatoms. The summed E-state index contributed by atoms with van der Waals surface area (Å²) in [4.78, 5) is 57.0. The summed E-state index contributed by atoms with van der Waals surface area (Å²) >= 11 is 0. The number of aromatic nitrogens is 1. The van der Waals surface area contributed by atoms with Crippen LogP contribution in [0.3, 0.4) is 0 Å². The minimum atomic E-state index is -0.558. The van der Waals surface area contributed by atoms with Crippen molar-refractivity contribution in [3.8, 4) is 16.9 Å². The van der Waals surface area contributed by atoms with Gasteiger partial charge in [0.2, 0.25) is 11.7 Å². The van der Waals surface area contributed by atoms with Crippen molar-refractivity contribution in [2.75, 3.05) is 30.4 Å². The van der Waals surface area contributed by atoms with E-state index in [1.54, 1.807) is 72.4 Å². The molecule has 0 aliphatic carbocycles. The summed E-state index contributed by atoms with van der Waals surface area (Å²) in [5, 5.41) is 24.8. The Morgan fingerprint density at radius 1 is 0.940 bits per heavy atom. The molecule has 0 unspecified atom stereocenters. The van der Waals surface area contributed by atoms with Crippen LogP contribution in [-0.4, -0.2) is 75.2 Å². The van der Waals surface area contributed by atoms with Gasteiger partial charge in [-0.05, 0) is 79.8 Å². The maximum Gasteiger partial charge on any atom is 0.256 e. The summed E-state index contributed by atoms with van der Waals surface area (Å²) in [7, 11) is 1.74. The van der Waals surface area contributed by atoms with Crippen LogP contribution < -0.4 is 15.4 Å². The van der Waals surface area contributed by atoms with Crippen molar-refractivity contribution >= 4 is 46.8 Å². The first kappa shape index (κ1) is 34.3. The second-order valence-electron chi connectivity index (χ2n) is 12.4. The molecule has 1 atom stereocenters. The van der Waals surface area contributed by atoms with Gasteiger partial charge in [-0.1, -0.05) is 12.1 Å². The molecule has 1 saturated heterocycles. The molecule has 1 aromatic heterocycles. The summed E-state index contributed by atoms with van der Waals surface area (Å²) in [5.41, 5.74) is 5.10. The van der Waals surface area contributed by atoms with Gasteiger partial charge in [-0.25, -0.2) is 0 Å². The summed E-state index contributed by atoms with van der Waals surface area (Å²) < 4.78 is 7.59. The topological polar surface area (TPSA) is 163 Å². The molecular weight excluding hydrogens is 638 g/mol. The fourth-order valence-electron chi connectivity index (χ4n) is 6.21. The first-order chi connectivity index (χ1) is 24.2. The van der Waals surface area contributed by atoms with Gasteiger partial charge in [0.15, 0.2) is 0 Å². The number of amides is 3. The van der Waals surface area contributed by atoms with Crippen LogP contribution in [0, 0.1) is 0 Å². The molecule has 2 aliphatic heterocycles. The number of fused-ring (bicyclic) bond motifs is 2. The first-order valence-electron chi connectivity index (χ1n) is 16.6. The number of nitrogens with one attached hydrogen (secondary N) is 2. The Bertz CT molecular complexity index is 1930. The quantitative estimate of drug-likeness (QED) is 0.120. The van der Waals surface area contributed by atoms with Crippen LogP contribution in [0.4, 0.5) is 17.1 Å². The Morgan fingerprint density at radius 2 is 1.68 bits per heavy atom. The molecule has 0 saturated carbocycles. The molecule has 0 spiro atoms. The van der Waals surface area contributed by atoms with E-state index in [1.165, 1.54) is 0 Å². The number of carbonyl (C=O) groups is 4. The number of rotatable bonds is 12. The molecule has 0 bridgehead atoms. The number of ether oxygens (including phenoxy) is 1. The molecule has 3 amide bonds. The molecule has 12 nitrogen and oxygen atoms in total. The van der Waals surface area contributed by atoms with Crippen LogP contribution in [-0.2, 0) is 18.4 Å². The zero-order chi connectivity index (χ0) is 35.2. The minimum absolute atomic E-state index is 0.0223. The summed E-state index contributed by atoms with van der Waals surface area (Å²) in [6, 6.07) is 18.8. The van der Waals surface area contributed by atoms with Crippen molar-refractivity contribution in [1.29, 1.82) is 0 Å². The van der Waals surface area contributed by atoms with E-state index >= 15 is 0 Å². The lowest BCUT2D eigenvalue weighted by atomic mass is 10.0. The average molecular weight is 678 g/mol. The van der Waals surface area contributed by atoms with E-state index in [9.17, 15) is 24.3 Å². The van der Waals surface area contributed by atoms with Crippen molar-refractivity contribution in [2.45, 2.75) is 44.8 Å². The standard InChI is InChI=1S/C38H39N5O7/c1-42-21-26(18-33(42)34(46)23-45)24-7-11-29(12-8-24)41-37(48)25-9-13-28(14-10-25)40-36(47)6-4-16-50-35-19-32-31(17-27(35)22-44)38(49)43-15-3-2-5-30(43)20-39-32/h7-14,17-21,30,44-45H,2-6,15-16,22-23H2,1H3,(H,40,47)(H,41,48)/t30-/m0/s1. The predicted octanol–water partition coefficient (Wildman–Crippen LogP) is 5.12. The monoisotopic (exact) mass is 677 g/mol. The third-order valence-electron chi connectivity index (χ3n) is 8.92. The first-order valence-corrected chi connectivity index (χ1v) is 16.6. The number of aliphatic hydroxyl groups excluding tert-OH is 2. The zero-order valence-electron chi connectivity index (χ0n) is 27.7. The fourth-order valence-corrected chi connectivity index (χ4v) is 6.21. The van der Waals surface area contributed by atoms with Crippen molar-refractivity contribution in [2.24, 2.45) is 12.0 Å². The van der Waals surface area contributed by atoms with Gasteiger partial charge in [0, 0.05) is 66.6 Å². The Balaban J connectivity index is 0.975. The number of nitrogens with zero attached hydrogens (tertiary/aromatic N) is 3. The van der Waals surface area contributed by atoms with E-state index in [2.05, 4.69) is 15.6 Å². The number of carbonyl (C=O) groups excluding carboxylic acids is 4. The van der Waals surface area contributed by atoms with Crippen molar-refractivity contribution in [3.63, 3.8) is 0 Å². The number of hydrogen-bond acceptors (Lipinski definition) is 8. The largest absolute Gasteiger partial charge is 0.493 e. The number of Topliss-reactive ketones (excluding diaryl/α,β-unsaturated/α-hetero) is 1. The van der Waals surface area contributed by atoms with Crippen molar-refractivity contribution in [1.82, 2.24) is 9.47 Å². The number of ketones is 1. The second-order valence-corrected chi connectivity index (χ2v) is 12.4. The Labute approximate surface area is 289 Å². The van der Waals surface area contributed by atoms with E-state index in [1.807, 2.05) is 23.2 Å². The van der Waals surface area contributed by atoms with Crippen molar-refractivity contribution in [3.05, 3.63) is 95.3 Å². The van der Waals surface area contributed by atoms with Gasteiger partial charge >= 0.3 is 0 Å². The molecule has 3 heterocycles. The van der Waals surface area contributed by atoms with E-state index < -0.39 is 6.61 Å². The highest BCUT2D eigenvalue weighted by Crippen LogP contribution is 2.34. The van der Waals surface area contributed by atoms with Crippen LogP contribution in [0.25, 0.3) is 11.1 Å². The Kier molecular flexibility index (Phi) is 10.5. The van der Waals surface area contributed by atoms with Crippen LogP contribution in [0.2, 0.25) is 0 Å². The SMILES string of the molecule is Cn1cc(-c2ccc(NC(=O)c3ccc(NC(=O)CCCOc4cc5c(cc4CO)C(=O)N4CCCC[C@H]4C=N5)cc3)cc2)cc1C(=O)CO. The van der Waals surface area contributed by atoms with Crippen LogP contribution in [0.5, 0.6) is 5.75 Å². The maximum atomic E-state index is 13.2. The highest BCUT2D eigenvalue weighted by atomic mass is 16.5. The highest BCUT2D eigenvalue weighted by Gasteiger charge is 2.31. The van der Waals surface area contributed by atoms with Crippen LogP contribution in [0.15, 0.2) is 77.9 Å². The maximum absolute atomic E-state index is 13.2. The number of benzene rings is 3.